The molecule has 0 aliphatic rings. The SMILES string of the molecule is CCCCC(CC(Cc1ccccc1)NC)(c1ccccc1)C(C)(NC)c1cccc2ccccc12. The Kier molecular flexibility index (Phi) is 8.61. The minimum absolute atomic E-state index is 0.119. The van der Waals surface area contributed by atoms with Gasteiger partial charge in [0, 0.05) is 11.5 Å². The van der Waals surface area contributed by atoms with E-state index in [-0.39, 0.29) is 11.0 Å². The summed E-state index contributed by atoms with van der Waals surface area (Å²) in [5, 5.41) is 10.2. The summed E-state index contributed by atoms with van der Waals surface area (Å²) in [6.45, 7) is 4.75. The van der Waals surface area contributed by atoms with E-state index in [2.05, 4.69) is 142 Å². The Morgan fingerprint density at radius 2 is 1.39 bits per heavy atom. The van der Waals surface area contributed by atoms with Gasteiger partial charge in [-0.3, -0.25) is 0 Å². The Morgan fingerprint density at radius 3 is 2.06 bits per heavy atom. The molecule has 3 atom stereocenters. The van der Waals surface area contributed by atoms with Gasteiger partial charge in [-0.05, 0) is 67.7 Å². The molecule has 0 amide bonds. The first kappa shape index (κ1) is 26.1. The fraction of sp³-hybridized carbons (Fsp3) is 0.353. The molecule has 188 valence electrons. The van der Waals surface area contributed by atoms with Crippen molar-refractivity contribution in [3.8, 4) is 0 Å². The predicted octanol–water partition coefficient (Wildman–Crippen LogP) is 7.62. The number of nitrogens with one attached hydrogen (secondary N) is 2. The largest absolute Gasteiger partial charge is 0.317 e. The average molecular weight is 479 g/mol. The van der Waals surface area contributed by atoms with E-state index in [0.29, 0.717) is 6.04 Å². The molecule has 0 radical (unpaired) electrons. The van der Waals surface area contributed by atoms with Crippen LogP contribution in [0, 0.1) is 0 Å². The van der Waals surface area contributed by atoms with Crippen molar-refractivity contribution in [2.45, 2.75) is 62.9 Å². The lowest BCUT2D eigenvalue weighted by atomic mass is 9.57. The molecule has 4 aromatic carbocycles. The van der Waals surface area contributed by atoms with Crippen LogP contribution in [0.1, 0.15) is 56.2 Å². The van der Waals surface area contributed by atoms with Crippen molar-refractivity contribution in [3.05, 3.63) is 120 Å². The zero-order chi connectivity index (χ0) is 25.4. The quantitative estimate of drug-likeness (QED) is 0.219. The molecule has 2 N–H and O–H groups in total. The Labute approximate surface area is 218 Å². The fourth-order valence-corrected chi connectivity index (χ4v) is 6.23. The third kappa shape index (κ3) is 5.12. The minimum Gasteiger partial charge on any atom is -0.317 e. The van der Waals surface area contributed by atoms with E-state index < -0.39 is 0 Å². The molecule has 0 heterocycles. The highest BCUT2D eigenvalue weighted by Crippen LogP contribution is 2.50. The average Bonchev–Trinajstić information content (AvgIpc) is 2.95. The highest BCUT2D eigenvalue weighted by Gasteiger charge is 2.50. The van der Waals surface area contributed by atoms with Gasteiger partial charge in [0.25, 0.3) is 0 Å². The molecule has 36 heavy (non-hydrogen) atoms. The number of likely N-dealkylation sites (N-methyl/N-ethyl adjacent to an activating group) is 2. The number of benzene rings is 4. The standard InChI is InChI=1S/C34H42N2/c1-5-6-24-34(29-20-11-8-12-21-29,26-30(35-3)25-27-16-9-7-10-17-27)33(2,36-4)32-23-15-19-28-18-13-14-22-31(28)32/h7-23,30,35-36H,5-6,24-26H2,1-4H3. The number of unbranched alkanes of at least 4 members (excludes halogenated alkanes) is 1. The summed E-state index contributed by atoms with van der Waals surface area (Å²) in [7, 11) is 4.27. The van der Waals surface area contributed by atoms with Gasteiger partial charge in [0.1, 0.15) is 0 Å². The predicted molar refractivity (Wildman–Crippen MR) is 156 cm³/mol. The smallest absolute Gasteiger partial charge is 0.0508 e. The summed E-state index contributed by atoms with van der Waals surface area (Å²) >= 11 is 0. The van der Waals surface area contributed by atoms with Gasteiger partial charge in [0.2, 0.25) is 0 Å². The van der Waals surface area contributed by atoms with Gasteiger partial charge in [0.15, 0.2) is 0 Å². The van der Waals surface area contributed by atoms with Crippen molar-refractivity contribution in [2.75, 3.05) is 14.1 Å². The first-order valence-electron chi connectivity index (χ1n) is 13.5. The van der Waals surface area contributed by atoms with Gasteiger partial charge >= 0.3 is 0 Å². The van der Waals surface area contributed by atoms with E-state index in [1.165, 1.54) is 40.3 Å². The molecule has 4 rings (SSSR count). The molecule has 0 fully saturated rings. The van der Waals surface area contributed by atoms with Gasteiger partial charge in [0.05, 0.1) is 5.54 Å². The summed E-state index contributed by atoms with van der Waals surface area (Å²) in [5.41, 5.74) is 3.77. The van der Waals surface area contributed by atoms with Crippen LogP contribution in [0.4, 0.5) is 0 Å². The molecule has 4 aromatic rings. The highest BCUT2D eigenvalue weighted by atomic mass is 15.0. The van der Waals surface area contributed by atoms with Gasteiger partial charge < -0.3 is 10.6 Å². The maximum absolute atomic E-state index is 3.90. The van der Waals surface area contributed by atoms with Gasteiger partial charge in [-0.1, -0.05) is 123 Å². The third-order valence-electron chi connectivity index (χ3n) is 8.40. The first-order chi connectivity index (χ1) is 17.6. The van der Waals surface area contributed by atoms with E-state index in [1.807, 2.05) is 0 Å². The van der Waals surface area contributed by atoms with E-state index in [0.717, 1.165) is 19.3 Å². The van der Waals surface area contributed by atoms with Crippen molar-refractivity contribution in [2.24, 2.45) is 0 Å². The number of hydrogen-bond donors (Lipinski definition) is 2. The number of fused-ring (bicyclic) bond motifs is 1. The van der Waals surface area contributed by atoms with E-state index in [1.54, 1.807) is 0 Å². The molecule has 0 aliphatic heterocycles. The van der Waals surface area contributed by atoms with Crippen LogP contribution in [0.2, 0.25) is 0 Å². The van der Waals surface area contributed by atoms with Crippen molar-refractivity contribution < 1.29 is 0 Å². The molecule has 0 aliphatic carbocycles. The second kappa shape index (κ2) is 11.9. The van der Waals surface area contributed by atoms with Crippen molar-refractivity contribution >= 4 is 10.8 Å². The van der Waals surface area contributed by atoms with Crippen molar-refractivity contribution in [1.82, 2.24) is 10.6 Å². The molecule has 2 heteroatoms. The lowest BCUT2D eigenvalue weighted by Gasteiger charge is -2.52. The zero-order valence-electron chi connectivity index (χ0n) is 22.4. The Balaban J connectivity index is 1.92. The lowest BCUT2D eigenvalue weighted by Crippen LogP contribution is -2.57. The Bertz CT molecular complexity index is 1210. The topological polar surface area (TPSA) is 24.1 Å². The van der Waals surface area contributed by atoms with Gasteiger partial charge in [-0.25, -0.2) is 0 Å². The molecule has 0 saturated heterocycles. The molecule has 0 saturated carbocycles. The Hall–Kier alpha value is -2.94. The summed E-state index contributed by atoms with van der Waals surface area (Å²) in [4.78, 5) is 0. The maximum Gasteiger partial charge on any atom is 0.0508 e. The van der Waals surface area contributed by atoms with Crippen LogP contribution in [0.5, 0.6) is 0 Å². The fourth-order valence-electron chi connectivity index (χ4n) is 6.23. The van der Waals surface area contributed by atoms with Gasteiger partial charge in [-0.2, -0.15) is 0 Å². The number of rotatable bonds is 12. The highest BCUT2D eigenvalue weighted by molar-refractivity contribution is 5.87. The molecular formula is C34H42N2. The van der Waals surface area contributed by atoms with E-state index in [9.17, 15) is 0 Å². The van der Waals surface area contributed by atoms with Crippen LogP contribution in [0.25, 0.3) is 10.8 Å². The summed E-state index contributed by atoms with van der Waals surface area (Å²) in [5.74, 6) is 0. The summed E-state index contributed by atoms with van der Waals surface area (Å²) in [6.07, 6.45) is 5.50. The molecular weight excluding hydrogens is 436 g/mol. The van der Waals surface area contributed by atoms with Crippen molar-refractivity contribution in [1.29, 1.82) is 0 Å². The molecule has 0 aromatic heterocycles. The molecule has 0 spiro atoms. The lowest BCUT2D eigenvalue weighted by molar-refractivity contribution is 0.146. The zero-order valence-corrected chi connectivity index (χ0v) is 22.4. The third-order valence-corrected chi connectivity index (χ3v) is 8.40. The molecule has 3 unspecified atom stereocenters. The van der Waals surface area contributed by atoms with Crippen LogP contribution in [-0.4, -0.2) is 20.1 Å². The van der Waals surface area contributed by atoms with Crippen LogP contribution >= 0.6 is 0 Å². The Morgan fingerprint density at radius 1 is 0.750 bits per heavy atom. The van der Waals surface area contributed by atoms with Crippen LogP contribution < -0.4 is 10.6 Å². The summed E-state index contributed by atoms with van der Waals surface area (Å²) < 4.78 is 0. The second-order valence-electron chi connectivity index (χ2n) is 10.3. The van der Waals surface area contributed by atoms with Crippen LogP contribution in [0.3, 0.4) is 0 Å². The van der Waals surface area contributed by atoms with Crippen molar-refractivity contribution in [3.63, 3.8) is 0 Å². The maximum atomic E-state index is 3.90. The van der Waals surface area contributed by atoms with Crippen LogP contribution in [-0.2, 0) is 17.4 Å². The monoisotopic (exact) mass is 478 g/mol. The second-order valence-corrected chi connectivity index (χ2v) is 10.3. The molecule has 0 bridgehead atoms. The minimum atomic E-state index is -0.282. The van der Waals surface area contributed by atoms with Gasteiger partial charge in [-0.15, -0.1) is 0 Å². The number of hydrogen-bond acceptors (Lipinski definition) is 2. The van der Waals surface area contributed by atoms with E-state index in [4.69, 9.17) is 0 Å². The molecule has 2 nitrogen and oxygen atoms in total. The van der Waals surface area contributed by atoms with E-state index >= 15 is 0 Å². The first-order valence-corrected chi connectivity index (χ1v) is 13.5. The normalized spacial score (nSPS) is 15.8. The van der Waals surface area contributed by atoms with Crippen LogP contribution in [0.15, 0.2) is 103 Å². The summed E-state index contributed by atoms with van der Waals surface area (Å²) in [6, 6.07) is 38.1.